The minimum Gasteiger partial charge on any atom is -0.354 e. The Morgan fingerprint density at radius 1 is 0.974 bits per heavy atom. The van der Waals surface area contributed by atoms with Crippen LogP contribution in [0.1, 0.15) is 37.8 Å². The van der Waals surface area contributed by atoms with Crippen LogP contribution in [0.15, 0.2) is 77.7 Å². The summed E-state index contributed by atoms with van der Waals surface area (Å²) >= 11 is 12.4. The van der Waals surface area contributed by atoms with Crippen molar-refractivity contribution in [3.8, 4) is 0 Å². The summed E-state index contributed by atoms with van der Waals surface area (Å²) in [4.78, 5) is 28.3. The molecule has 0 unspecified atom stereocenters. The first-order valence-corrected chi connectivity index (χ1v) is 14.9. The minimum absolute atomic E-state index is 0.0316. The Morgan fingerprint density at radius 2 is 1.64 bits per heavy atom. The molecule has 1 atom stereocenters. The SMILES string of the molecule is CCCCNC(=O)[C@H](C)N(Cc1ccc(Cl)cc1)C(=O)CN(c1ccc(C)c(Cl)c1)S(=O)(=O)c1ccccc1. The summed E-state index contributed by atoms with van der Waals surface area (Å²) in [6.07, 6.45) is 1.72. The van der Waals surface area contributed by atoms with Crippen LogP contribution in [0.3, 0.4) is 0 Å². The summed E-state index contributed by atoms with van der Waals surface area (Å²) in [6, 6.07) is 18.8. The van der Waals surface area contributed by atoms with Gasteiger partial charge in [0.15, 0.2) is 0 Å². The second-order valence-electron chi connectivity index (χ2n) is 9.23. The molecule has 0 aliphatic carbocycles. The first kappa shape index (κ1) is 30.5. The molecular weight excluding hydrogens is 557 g/mol. The van der Waals surface area contributed by atoms with Gasteiger partial charge in [-0.2, -0.15) is 0 Å². The van der Waals surface area contributed by atoms with E-state index in [1.54, 1.807) is 68.4 Å². The minimum atomic E-state index is -4.15. The van der Waals surface area contributed by atoms with Gasteiger partial charge in [0.05, 0.1) is 10.6 Å². The highest BCUT2D eigenvalue weighted by atomic mass is 35.5. The molecule has 208 valence electrons. The van der Waals surface area contributed by atoms with Crippen molar-refractivity contribution in [3.63, 3.8) is 0 Å². The van der Waals surface area contributed by atoms with E-state index in [1.807, 2.05) is 6.92 Å². The lowest BCUT2D eigenvalue weighted by molar-refractivity contribution is -0.139. The number of halogens is 2. The van der Waals surface area contributed by atoms with Crippen molar-refractivity contribution in [2.45, 2.75) is 51.1 Å². The molecular formula is C29H33Cl2N3O4S. The van der Waals surface area contributed by atoms with E-state index in [-0.39, 0.29) is 23.0 Å². The fraction of sp³-hybridized carbons (Fsp3) is 0.310. The van der Waals surface area contributed by atoms with Gasteiger partial charge in [-0.1, -0.05) is 72.9 Å². The third kappa shape index (κ3) is 7.97. The zero-order valence-electron chi connectivity index (χ0n) is 22.2. The third-order valence-corrected chi connectivity index (χ3v) is 8.76. The van der Waals surface area contributed by atoms with Gasteiger partial charge in [-0.05, 0) is 67.8 Å². The van der Waals surface area contributed by atoms with E-state index in [2.05, 4.69) is 5.32 Å². The van der Waals surface area contributed by atoms with Gasteiger partial charge in [-0.15, -0.1) is 0 Å². The van der Waals surface area contributed by atoms with Crippen LogP contribution in [0.2, 0.25) is 10.0 Å². The Bertz CT molecular complexity index is 1380. The summed E-state index contributed by atoms with van der Waals surface area (Å²) < 4.78 is 28.6. The average molecular weight is 591 g/mol. The summed E-state index contributed by atoms with van der Waals surface area (Å²) in [5.41, 5.74) is 1.76. The molecule has 0 bridgehead atoms. The van der Waals surface area contributed by atoms with Crippen LogP contribution in [0.25, 0.3) is 0 Å². The quantitative estimate of drug-likeness (QED) is 0.269. The number of rotatable bonds is 12. The monoisotopic (exact) mass is 589 g/mol. The Morgan fingerprint density at radius 3 is 2.26 bits per heavy atom. The van der Waals surface area contributed by atoms with Crippen LogP contribution in [0.4, 0.5) is 5.69 Å². The molecule has 39 heavy (non-hydrogen) atoms. The number of hydrogen-bond acceptors (Lipinski definition) is 4. The normalized spacial score (nSPS) is 12.0. The molecule has 0 aliphatic rings. The highest BCUT2D eigenvalue weighted by molar-refractivity contribution is 7.92. The molecule has 0 saturated heterocycles. The van der Waals surface area contributed by atoms with Gasteiger partial charge in [-0.25, -0.2) is 8.42 Å². The van der Waals surface area contributed by atoms with Crippen molar-refractivity contribution in [3.05, 3.63) is 94.0 Å². The number of aryl methyl sites for hydroxylation is 1. The zero-order valence-corrected chi connectivity index (χ0v) is 24.6. The molecule has 2 amide bonds. The number of sulfonamides is 1. The van der Waals surface area contributed by atoms with Crippen molar-refractivity contribution in [1.82, 2.24) is 10.2 Å². The second kappa shape index (κ2) is 13.8. The van der Waals surface area contributed by atoms with Crippen LogP contribution in [-0.2, 0) is 26.2 Å². The number of amides is 2. The summed E-state index contributed by atoms with van der Waals surface area (Å²) in [7, 11) is -4.15. The Balaban J connectivity index is 2.00. The van der Waals surface area contributed by atoms with Crippen LogP contribution in [-0.4, -0.2) is 44.3 Å². The average Bonchev–Trinajstić information content (AvgIpc) is 2.93. The maximum atomic E-state index is 13.9. The Kier molecular flexibility index (Phi) is 10.8. The molecule has 0 heterocycles. The van der Waals surface area contributed by atoms with E-state index in [9.17, 15) is 18.0 Å². The van der Waals surface area contributed by atoms with Gasteiger partial charge in [0.25, 0.3) is 10.0 Å². The smallest absolute Gasteiger partial charge is 0.264 e. The molecule has 7 nitrogen and oxygen atoms in total. The van der Waals surface area contributed by atoms with Crippen LogP contribution in [0, 0.1) is 6.92 Å². The topological polar surface area (TPSA) is 86.8 Å². The molecule has 3 aromatic rings. The van der Waals surface area contributed by atoms with E-state index in [1.165, 1.54) is 23.1 Å². The molecule has 0 aromatic heterocycles. The van der Waals surface area contributed by atoms with E-state index in [4.69, 9.17) is 23.2 Å². The molecule has 10 heteroatoms. The first-order valence-electron chi connectivity index (χ1n) is 12.7. The van der Waals surface area contributed by atoms with Crippen molar-refractivity contribution < 1.29 is 18.0 Å². The zero-order chi connectivity index (χ0) is 28.6. The third-order valence-electron chi connectivity index (χ3n) is 6.32. The molecule has 0 radical (unpaired) electrons. The Hall–Kier alpha value is -3.07. The molecule has 1 N–H and O–H groups in total. The number of carbonyl (C=O) groups excluding carboxylic acids is 2. The number of carbonyl (C=O) groups is 2. The van der Waals surface area contributed by atoms with Gasteiger partial charge in [0, 0.05) is 23.1 Å². The summed E-state index contributed by atoms with van der Waals surface area (Å²) in [6.45, 7) is 5.50. The fourth-order valence-corrected chi connectivity index (χ4v) is 5.62. The molecule has 0 spiro atoms. The number of unbranched alkanes of at least 4 members (excludes halogenated alkanes) is 1. The largest absolute Gasteiger partial charge is 0.354 e. The number of anilines is 1. The fourth-order valence-electron chi connectivity index (χ4n) is 3.89. The summed E-state index contributed by atoms with van der Waals surface area (Å²) in [5.74, 6) is -0.860. The van der Waals surface area contributed by atoms with Crippen LogP contribution >= 0.6 is 23.2 Å². The van der Waals surface area contributed by atoms with E-state index in [0.717, 1.165) is 28.3 Å². The maximum absolute atomic E-state index is 13.9. The number of benzene rings is 3. The van der Waals surface area contributed by atoms with Crippen molar-refractivity contribution in [2.75, 3.05) is 17.4 Å². The molecule has 0 fully saturated rings. The van der Waals surface area contributed by atoms with E-state index in [0.29, 0.717) is 16.6 Å². The number of hydrogen-bond donors (Lipinski definition) is 1. The highest BCUT2D eigenvalue weighted by Gasteiger charge is 2.32. The van der Waals surface area contributed by atoms with Gasteiger partial charge in [0.2, 0.25) is 11.8 Å². The van der Waals surface area contributed by atoms with E-state index >= 15 is 0 Å². The highest BCUT2D eigenvalue weighted by Crippen LogP contribution is 2.28. The lowest BCUT2D eigenvalue weighted by atomic mass is 10.1. The lowest BCUT2D eigenvalue weighted by Crippen LogP contribution is -2.51. The summed E-state index contributed by atoms with van der Waals surface area (Å²) in [5, 5.41) is 3.78. The predicted octanol–water partition coefficient (Wildman–Crippen LogP) is 5.83. The van der Waals surface area contributed by atoms with Crippen LogP contribution in [0.5, 0.6) is 0 Å². The lowest BCUT2D eigenvalue weighted by Gasteiger charge is -2.32. The molecule has 3 rings (SSSR count). The second-order valence-corrected chi connectivity index (χ2v) is 11.9. The van der Waals surface area contributed by atoms with Crippen molar-refractivity contribution in [2.24, 2.45) is 0 Å². The Labute approximate surface area is 240 Å². The van der Waals surface area contributed by atoms with Gasteiger partial charge < -0.3 is 10.2 Å². The molecule has 0 saturated carbocycles. The molecule has 0 aliphatic heterocycles. The predicted molar refractivity (Wildman–Crippen MR) is 157 cm³/mol. The van der Waals surface area contributed by atoms with E-state index < -0.39 is 28.5 Å². The van der Waals surface area contributed by atoms with Crippen molar-refractivity contribution >= 4 is 50.7 Å². The number of nitrogens with zero attached hydrogens (tertiary/aromatic N) is 2. The number of nitrogens with one attached hydrogen (secondary N) is 1. The molecule has 3 aromatic carbocycles. The van der Waals surface area contributed by atoms with Crippen molar-refractivity contribution in [1.29, 1.82) is 0 Å². The first-order chi connectivity index (χ1) is 18.5. The standard InChI is InChI=1S/C29H33Cl2N3O4S/c1-4-5-17-32-29(36)22(3)33(19-23-12-14-24(30)15-13-23)28(35)20-34(25-16-11-21(2)27(31)18-25)39(37,38)26-9-7-6-8-10-26/h6-16,18,22H,4-5,17,19-20H2,1-3H3,(H,32,36)/t22-/m0/s1. The van der Waals surface area contributed by atoms with Gasteiger partial charge >= 0.3 is 0 Å². The van der Waals surface area contributed by atoms with Crippen LogP contribution < -0.4 is 9.62 Å². The maximum Gasteiger partial charge on any atom is 0.264 e. The van der Waals surface area contributed by atoms with Gasteiger partial charge in [0.1, 0.15) is 12.6 Å². The van der Waals surface area contributed by atoms with Gasteiger partial charge in [-0.3, -0.25) is 13.9 Å².